The second kappa shape index (κ2) is 8.12. The number of allylic oxidation sites excluding steroid dienone is 2. The normalized spacial score (nSPS) is 11.1. The van der Waals surface area contributed by atoms with Crippen molar-refractivity contribution in [2.45, 2.75) is 32.8 Å². The summed E-state index contributed by atoms with van der Waals surface area (Å²) < 4.78 is 11.7. The van der Waals surface area contributed by atoms with Gasteiger partial charge in [-0.2, -0.15) is 0 Å². The first-order chi connectivity index (χ1) is 12.7. The van der Waals surface area contributed by atoms with Gasteiger partial charge < -0.3 is 14.8 Å². The standard InChI is InChI=1S/C21H26N2O4/c1-7-14(2)18-15-10-8-9-11-16(15)23(20(25)26-6)17(18)12-13-22-19(24)27-21(3,4)5/h7-11H,1-2,12-13H2,3-6H3,(H,22,24). The van der Waals surface area contributed by atoms with Crippen LogP contribution in [0.1, 0.15) is 32.0 Å². The van der Waals surface area contributed by atoms with E-state index in [0.717, 1.165) is 16.5 Å². The highest BCUT2D eigenvalue weighted by Gasteiger charge is 2.23. The Bertz CT molecular complexity index is 887. The van der Waals surface area contributed by atoms with E-state index in [1.54, 1.807) is 26.8 Å². The van der Waals surface area contributed by atoms with Crippen LogP contribution in [0.25, 0.3) is 16.5 Å². The number of carbonyl (C=O) groups excluding carboxylic acids is 2. The summed E-state index contributed by atoms with van der Waals surface area (Å²) in [5.74, 6) is 0. The Kier molecular flexibility index (Phi) is 6.10. The third-order valence-corrected chi connectivity index (χ3v) is 3.93. The van der Waals surface area contributed by atoms with Gasteiger partial charge in [-0.3, -0.25) is 0 Å². The van der Waals surface area contributed by atoms with Gasteiger partial charge in [-0.05, 0) is 32.4 Å². The summed E-state index contributed by atoms with van der Waals surface area (Å²) >= 11 is 0. The van der Waals surface area contributed by atoms with Gasteiger partial charge in [-0.25, -0.2) is 14.2 Å². The van der Waals surface area contributed by atoms with Crippen molar-refractivity contribution in [3.05, 3.63) is 54.8 Å². The van der Waals surface area contributed by atoms with Crippen LogP contribution in [0.2, 0.25) is 0 Å². The van der Waals surface area contributed by atoms with Crippen LogP contribution in [0.15, 0.2) is 43.5 Å². The number of fused-ring (bicyclic) bond motifs is 1. The van der Waals surface area contributed by atoms with E-state index in [-0.39, 0.29) is 0 Å². The zero-order chi connectivity index (χ0) is 20.2. The lowest BCUT2D eigenvalue weighted by Crippen LogP contribution is -2.34. The number of carbonyl (C=O) groups is 2. The summed E-state index contributed by atoms with van der Waals surface area (Å²) in [5.41, 5.74) is 2.35. The van der Waals surface area contributed by atoms with Crippen LogP contribution in [-0.4, -0.2) is 36.0 Å². The van der Waals surface area contributed by atoms with E-state index in [9.17, 15) is 9.59 Å². The molecule has 1 amide bonds. The van der Waals surface area contributed by atoms with Crippen LogP contribution < -0.4 is 5.32 Å². The van der Waals surface area contributed by atoms with Gasteiger partial charge in [0.05, 0.1) is 12.6 Å². The van der Waals surface area contributed by atoms with Gasteiger partial charge in [0.2, 0.25) is 0 Å². The number of para-hydroxylation sites is 1. The molecule has 0 saturated carbocycles. The molecule has 1 aromatic carbocycles. The molecular weight excluding hydrogens is 344 g/mol. The average molecular weight is 370 g/mol. The maximum atomic E-state index is 12.4. The van der Waals surface area contributed by atoms with Crippen molar-refractivity contribution in [1.29, 1.82) is 0 Å². The fourth-order valence-electron chi connectivity index (χ4n) is 2.89. The lowest BCUT2D eigenvalue weighted by molar-refractivity contribution is 0.0528. The predicted octanol–water partition coefficient (Wildman–Crippen LogP) is 4.52. The van der Waals surface area contributed by atoms with E-state index >= 15 is 0 Å². The predicted molar refractivity (Wildman–Crippen MR) is 107 cm³/mol. The summed E-state index contributed by atoms with van der Waals surface area (Å²) in [5, 5.41) is 3.59. The van der Waals surface area contributed by atoms with Crippen molar-refractivity contribution in [2.75, 3.05) is 13.7 Å². The Hall–Kier alpha value is -3.02. The summed E-state index contributed by atoms with van der Waals surface area (Å²) in [4.78, 5) is 24.3. The van der Waals surface area contributed by atoms with Crippen LogP contribution in [0.5, 0.6) is 0 Å². The van der Waals surface area contributed by atoms with Gasteiger partial charge in [0.1, 0.15) is 5.60 Å². The molecule has 0 aliphatic carbocycles. The molecule has 0 saturated heterocycles. The van der Waals surface area contributed by atoms with Gasteiger partial charge in [0.25, 0.3) is 0 Å². The molecular formula is C21H26N2O4. The zero-order valence-electron chi connectivity index (χ0n) is 16.3. The molecule has 0 aliphatic heterocycles. The number of methoxy groups -OCH3 is 1. The van der Waals surface area contributed by atoms with E-state index in [2.05, 4.69) is 18.5 Å². The molecule has 0 atom stereocenters. The zero-order valence-corrected chi connectivity index (χ0v) is 16.3. The fraction of sp³-hybridized carbons (Fsp3) is 0.333. The van der Waals surface area contributed by atoms with E-state index < -0.39 is 17.8 Å². The second-order valence-electron chi connectivity index (χ2n) is 7.05. The third-order valence-electron chi connectivity index (χ3n) is 3.93. The molecule has 27 heavy (non-hydrogen) atoms. The van der Waals surface area contributed by atoms with Gasteiger partial charge in [-0.15, -0.1) is 0 Å². The number of benzene rings is 1. The minimum Gasteiger partial charge on any atom is -0.452 e. The van der Waals surface area contributed by atoms with Gasteiger partial charge >= 0.3 is 12.2 Å². The summed E-state index contributed by atoms with van der Waals surface area (Å²) in [6.45, 7) is 13.5. The molecule has 0 bridgehead atoms. The molecule has 1 heterocycles. The van der Waals surface area contributed by atoms with Crippen LogP contribution >= 0.6 is 0 Å². The molecule has 6 nitrogen and oxygen atoms in total. The van der Waals surface area contributed by atoms with Gasteiger partial charge in [0.15, 0.2) is 0 Å². The fourth-order valence-corrected chi connectivity index (χ4v) is 2.89. The Labute approximate surface area is 159 Å². The smallest absolute Gasteiger partial charge is 0.418 e. The molecule has 144 valence electrons. The molecule has 0 aliphatic rings. The number of alkyl carbamates (subject to hydrolysis) is 1. The highest BCUT2D eigenvalue weighted by atomic mass is 16.6. The first-order valence-electron chi connectivity index (χ1n) is 8.68. The SMILES string of the molecule is C=CC(=C)c1c(CCNC(=O)OC(C)(C)C)n(C(=O)OC)c2ccccc12. The number of hydrogen-bond acceptors (Lipinski definition) is 4. The van der Waals surface area contributed by atoms with E-state index in [1.165, 1.54) is 11.7 Å². The number of nitrogens with one attached hydrogen (secondary N) is 1. The topological polar surface area (TPSA) is 69.6 Å². The molecule has 6 heteroatoms. The van der Waals surface area contributed by atoms with Crippen LogP contribution in [0.4, 0.5) is 9.59 Å². The number of ether oxygens (including phenoxy) is 2. The number of amides is 1. The minimum atomic E-state index is -0.576. The Morgan fingerprint density at radius 2 is 1.93 bits per heavy atom. The number of hydrogen-bond donors (Lipinski definition) is 1. The van der Waals surface area contributed by atoms with Crippen LogP contribution in [0.3, 0.4) is 0 Å². The van der Waals surface area contributed by atoms with E-state index in [0.29, 0.717) is 24.2 Å². The monoisotopic (exact) mass is 370 g/mol. The van der Waals surface area contributed by atoms with Crippen LogP contribution in [-0.2, 0) is 15.9 Å². The largest absolute Gasteiger partial charge is 0.452 e. The van der Waals surface area contributed by atoms with Crippen molar-refractivity contribution in [1.82, 2.24) is 9.88 Å². The Balaban J connectivity index is 2.41. The summed E-state index contributed by atoms with van der Waals surface area (Å²) in [7, 11) is 1.34. The molecule has 1 aromatic heterocycles. The summed E-state index contributed by atoms with van der Waals surface area (Å²) in [6.07, 6.45) is 1.04. The van der Waals surface area contributed by atoms with Gasteiger partial charge in [0, 0.05) is 29.6 Å². The lowest BCUT2D eigenvalue weighted by Gasteiger charge is -2.19. The molecule has 0 spiro atoms. The summed E-state index contributed by atoms with van der Waals surface area (Å²) in [6, 6.07) is 7.51. The minimum absolute atomic E-state index is 0.291. The van der Waals surface area contributed by atoms with Crippen molar-refractivity contribution in [3.8, 4) is 0 Å². The molecule has 1 N–H and O–H groups in total. The van der Waals surface area contributed by atoms with Crippen molar-refractivity contribution >= 4 is 28.7 Å². The molecule has 2 aromatic rings. The third kappa shape index (κ3) is 4.58. The quantitative estimate of drug-likeness (QED) is 0.786. The molecule has 0 unspecified atom stereocenters. The number of aromatic nitrogens is 1. The number of nitrogens with zero attached hydrogens (tertiary/aromatic N) is 1. The van der Waals surface area contributed by atoms with E-state index in [4.69, 9.17) is 9.47 Å². The first kappa shape index (κ1) is 20.3. The van der Waals surface area contributed by atoms with Gasteiger partial charge in [-0.1, -0.05) is 37.4 Å². The Morgan fingerprint density at radius 1 is 1.26 bits per heavy atom. The average Bonchev–Trinajstić information content (AvgIpc) is 2.93. The van der Waals surface area contributed by atoms with Crippen molar-refractivity contribution < 1.29 is 19.1 Å². The maximum absolute atomic E-state index is 12.4. The molecule has 0 fully saturated rings. The second-order valence-corrected chi connectivity index (χ2v) is 7.05. The van der Waals surface area contributed by atoms with Crippen molar-refractivity contribution in [3.63, 3.8) is 0 Å². The first-order valence-corrected chi connectivity index (χ1v) is 8.68. The molecule has 0 radical (unpaired) electrons. The van der Waals surface area contributed by atoms with Crippen LogP contribution in [0, 0.1) is 0 Å². The maximum Gasteiger partial charge on any atom is 0.418 e. The highest BCUT2D eigenvalue weighted by Crippen LogP contribution is 2.32. The van der Waals surface area contributed by atoms with E-state index in [1.807, 2.05) is 24.3 Å². The van der Waals surface area contributed by atoms with Crippen molar-refractivity contribution in [2.24, 2.45) is 0 Å². The molecule has 2 rings (SSSR count). The number of rotatable bonds is 5. The Morgan fingerprint density at radius 3 is 2.52 bits per heavy atom. The highest BCUT2D eigenvalue weighted by molar-refractivity contribution is 6.01. The lowest BCUT2D eigenvalue weighted by atomic mass is 10.0.